The van der Waals surface area contributed by atoms with Gasteiger partial charge in [0.05, 0.1) is 10.6 Å². The van der Waals surface area contributed by atoms with E-state index in [-0.39, 0.29) is 4.90 Å². The van der Waals surface area contributed by atoms with Crippen LogP contribution < -0.4 is 10.5 Å². The van der Waals surface area contributed by atoms with Crippen LogP contribution >= 0.6 is 22.6 Å². The van der Waals surface area contributed by atoms with E-state index >= 15 is 0 Å². The van der Waals surface area contributed by atoms with Crippen LogP contribution in [0.1, 0.15) is 11.1 Å². The number of hydrogen-bond donors (Lipinski definition) is 2. The van der Waals surface area contributed by atoms with Crippen molar-refractivity contribution in [2.75, 3.05) is 4.72 Å². The Hall–Kier alpha value is -1.12. The van der Waals surface area contributed by atoms with E-state index in [9.17, 15) is 8.42 Å². The third-order valence-corrected chi connectivity index (χ3v) is 5.27. The van der Waals surface area contributed by atoms with Gasteiger partial charge in [0.2, 0.25) is 0 Å². The van der Waals surface area contributed by atoms with Crippen LogP contribution in [0.25, 0.3) is 0 Å². The molecule has 0 saturated carbocycles. The number of nitrogens with two attached hydrogens (primary N) is 1. The summed E-state index contributed by atoms with van der Waals surface area (Å²) in [5.74, 6) is 0. The number of nitrogens with one attached hydrogen (secondary N) is 1. The Bertz CT molecular complexity index is 730. The standard InChI is InChI=1S/C14H15IN2O2S/c1-10-6-7-12(8-11(10)9-16)20(18,19)17-14-5-3-2-4-13(14)15/h2-8,17H,9,16H2,1H3. The lowest BCUT2D eigenvalue weighted by Gasteiger charge is -2.11. The Labute approximate surface area is 132 Å². The molecule has 2 aromatic carbocycles. The largest absolute Gasteiger partial charge is 0.326 e. The van der Waals surface area contributed by atoms with Crippen LogP contribution in [-0.4, -0.2) is 8.42 Å². The van der Waals surface area contributed by atoms with Crippen LogP contribution in [0, 0.1) is 10.5 Å². The molecule has 0 amide bonds. The highest BCUT2D eigenvalue weighted by Gasteiger charge is 2.16. The van der Waals surface area contributed by atoms with Gasteiger partial charge in [0.25, 0.3) is 10.0 Å². The number of hydrogen-bond acceptors (Lipinski definition) is 3. The van der Waals surface area contributed by atoms with Crippen molar-refractivity contribution in [2.24, 2.45) is 5.73 Å². The summed E-state index contributed by atoms with van der Waals surface area (Å²) in [5, 5.41) is 0. The second kappa shape index (κ2) is 6.11. The number of aryl methyl sites for hydroxylation is 1. The number of para-hydroxylation sites is 1. The molecule has 0 atom stereocenters. The first kappa shape index (κ1) is 15.3. The van der Waals surface area contributed by atoms with Gasteiger partial charge >= 0.3 is 0 Å². The van der Waals surface area contributed by atoms with E-state index in [2.05, 4.69) is 27.3 Å². The van der Waals surface area contributed by atoms with Gasteiger partial charge in [0.15, 0.2) is 0 Å². The third-order valence-electron chi connectivity index (χ3n) is 2.97. The monoisotopic (exact) mass is 402 g/mol. The lowest BCUT2D eigenvalue weighted by atomic mass is 10.1. The second-order valence-corrected chi connectivity index (χ2v) is 7.22. The van der Waals surface area contributed by atoms with E-state index in [1.165, 1.54) is 0 Å². The highest BCUT2D eigenvalue weighted by atomic mass is 127. The molecule has 0 aliphatic heterocycles. The van der Waals surface area contributed by atoms with E-state index in [0.29, 0.717) is 12.2 Å². The molecular formula is C14H15IN2O2S. The number of halogens is 1. The summed E-state index contributed by atoms with van der Waals surface area (Å²) in [6.07, 6.45) is 0. The molecule has 0 spiro atoms. The Kier molecular flexibility index (Phi) is 4.66. The molecule has 3 N–H and O–H groups in total. The molecule has 0 radical (unpaired) electrons. The van der Waals surface area contributed by atoms with E-state index in [1.807, 2.05) is 19.1 Å². The number of rotatable bonds is 4. The minimum Gasteiger partial charge on any atom is -0.326 e. The summed E-state index contributed by atoms with van der Waals surface area (Å²) < 4.78 is 28.2. The topological polar surface area (TPSA) is 72.2 Å². The van der Waals surface area contributed by atoms with Gasteiger partial charge in [0.1, 0.15) is 0 Å². The molecule has 0 saturated heterocycles. The van der Waals surface area contributed by atoms with Crippen LogP contribution in [-0.2, 0) is 16.6 Å². The van der Waals surface area contributed by atoms with Crippen LogP contribution in [0.4, 0.5) is 5.69 Å². The summed E-state index contributed by atoms with van der Waals surface area (Å²) in [6, 6.07) is 12.2. The van der Waals surface area contributed by atoms with Crippen LogP contribution in [0.2, 0.25) is 0 Å². The first-order valence-corrected chi connectivity index (χ1v) is 8.57. The van der Waals surface area contributed by atoms with Gasteiger partial charge in [-0.05, 0) is 64.9 Å². The maximum absolute atomic E-state index is 12.4. The van der Waals surface area contributed by atoms with Gasteiger partial charge in [0, 0.05) is 10.1 Å². The molecule has 0 heterocycles. The zero-order valence-electron chi connectivity index (χ0n) is 10.9. The van der Waals surface area contributed by atoms with Crippen molar-refractivity contribution < 1.29 is 8.42 Å². The molecule has 0 bridgehead atoms. The Morgan fingerprint density at radius 2 is 1.90 bits per heavy atom. The lowest BCUT2D eigenvalue weighted by molar-refractivity contribution is 0.601. The van der Waals surface area contributed by atoms with Crippen LogP contribution in [0.5, 0.6) is 0 Å². The molecule has 0 unspecified atom stereocenters. The van der Waals surface area contributed by atoms with E-state index < -0.39 is 10.0 Å². The molecule has 106 valence electrons. The molecule has 2 rings (SSSR count). The van der Waals surface area contributed by atoms with E-state index in [4.69, 9.17) is 5.73 Å². The number of anilines is 1. The fourth-order valence-corrected chi connectivity index (χ4v) is 3.62. The van der Waals surface area contributed by atoms with Gasteiger partial charge in [-0.15, -0.1) is 0 Å². The highest BCUT2D eigenvalue weighted by Crippen LogP contribution is 2.22. The van der Waals surface area contributed by atoms with Crippen molar-refractivity contribution in [3.05, 3.63) is 57.2 Å². The zero-order valence-corrected chi connectivity index (χ0v) is 13.9. The predicted molar refractivity (Wildman–Crippen MR) is 89.0 cm³/mol. The molecule has 6 heteroatoms. The number of benzene rings is 2. The van der Waals surface area contributed by atoms with Gasteiger partial charge in [-0.2, -0.15) is 0 Å². The molecular weight excluding hydrogens is 387 g/mol. The van der Waals surface area contributed by atoms with Gasteiger partial charge in [-0.3, -0.25) is 4.72 Å². The normalized spacial score (nSPS) is 11.3. The number of sulfonamides is 1. The minimum absolute atomic E-state index is 0.225. The van der Waals surface area contributed by atoms with Crippen molar-refractivity contribution >= 4 is 38.3 Å². The maximum Gasteiger partial charge on any atom is 0.261 e. The summed E-state index contributed by atoms with van der Waals surface area (Å²) in [6.45, 7) is 2.23. The maximum atomic E-state index is 12.4. The minimum atomic E-state index is -3.60. The fourth-order valence-electron chi connectivity index (χ4n) is 1.78. The Morgan fingerprint density at radius 1 is 1.20 bits per heavy atom. The third kappa shape index (κ3) is 3.31. The molecule has 2 aromatic rings. The van der Waals surface area contributed by atoms with Crippen LogP contribution in [0.15, 0.2) is 47.4 Å². The predicted octanol–water partition coefficient (Wildman–Crippen LogP) is 2.86. The Balaban J connectivity index is 2.38. The Morgan fingerprint density at radius 3 is 2.55 bits per heavy atom. The van der Waals surface area contributed by atoms with Gasteiger partial charge < -0.3 is 5.73 Å². The van der Waals surface area contributed by atoms with E-state index in [1.54, 1.807) is 30.3 Å². The van der Waals surface area contributed by atoms with Crippen molar-refractivity contribution in [2.45, 2.75) is 18.4 Å². The van der Waals surface area contributed by atoms with Crippen molar-refractivity contribution in [1.29, 1.82) is 0 Å². The first-order valence-electron chi connectivity index (χ1n) is 6.01. The van der Waals surface area contributed by atoms with E-state index in [0.717, 1.165) is 14.7 Å². The SMILES string of the molecule is Cc1ccc(S(=O)(=O)Nc2ccccc2I)cc1CN. The van der Waals surface area contributed by atoms with Gasteiger partial charge in [-0.1, -0.05) is 18.2 Å². The van der Waals surface area contributed by atoms with Crippen molar-refractivity contribution in [3.8, 4) is 0 Å². The smallest absolute Gasteiger partial charge is 0.261 e. The summed E-state index contributed by atoms with van der Waals surface area (Å²) in [5.41, 5.74) is 8.01. The molecule has 4 nitrogen and oxygen atoms in total. The average Bonchev–Trinajstić information content (AvgIpc) is 2.41. The van der Waals surface area contributed by atoms with Gasteiger partial charge in [-0.25, -0.2) is 8.42 Å². The highest BCUT2D eigenvalue weighted by molar-refractivity contribution is 14.1. The fraction of sp³-hybridized carbons (Fsp3) is 0.143. The molecule has 0 fully saturated rings. The first-order chi connectivity index (χ1) is 9.44. The molecule has 20 heavy (non-hydrogen) atoms. The lowest BCUT2D eigenvalue weighted by Crippen LogP contribution is -2.14. The average molecular weight is 402 g/mol. The second-order valence-electron chi connectivity index (χ2n) is 4.38. The molecule has 0 aliphatic carbocycles. The van der Waals surface area contributed by atoms with Crippen LogP contribution in [0.3, 0.4) is 0 Å². The van der Waals surface area contributed by atoms with Crippen molar-refractivity contribution in [3.63, 3.8) is 0 Å². The molecule has 0 aromatic heterocycles. The summed E-state index contributed by atoms with van der Waals surface area (Å²) >= 11 is 2.09. The van der Waals surface area contributed by atoms with Crippen molar-refractivity contribution in [1.82, 2.24) is 0 Å². The summed E-state index contributed by atoms with van der Waals surface area (Å²) in [4.78, 5) is 0.225. The molecule has 0 aliphatic rings. The summed E-state index contributed by atoms with van der Waals surface area (Å²) in [7, 11) is -3.60. The zero-order chi connectivity index (χ0) is 14.8. The quantitative estimate of drug-likeness (QED) is 0.773.